The van der Waals surface area contributed by atoms with Crippen molar-refractivity contribution in [2.75, 3.05) is 0 Å². The predicted octanol–water partition coefficient (Wildman–Crippen LogP) is 4.86. The lowest BCUT2D eigenvalue weighted by Crippen LogP contribution is -2.18. The lowest BCUT2D eigenvalue weighted by atomic mass is 10.1. The Bertz CT molecular complexity index is 647. The van der Waals surface area contributed by atoms with Crippen molar-refractivity contribution < 1.29 is 4.92 Å². The molecule has 0 heterocycles. The Labute approximate surface area is 136 Å². The van der Waals surface area contributed by atoms with Crippen LogP contribution < -0.4 is 5.32 Å². The van der Waals surface area contributed by atoms with Gasteiger partial charge < -0.3 is 5.32 Å². The number of hydrogen-bond acceptors (Lipinski definition) is 3. The van der Waals surface area contributed by atoms with E-state index in [2.05, 4.69) is 28.2 Å². The fourth-order valence-corrected chi connectivity index (χ4v) is 2.43. The average molecular weight is 370 g/mol. The number of nitro groups is 1. The van der Waals surface area contributed by atoms with Crippen LogP contribution in [0.4, 0.5) is 5.69 Å². The van der Waals surface area contributed by atoms with Gasteiger partial charge in [-0.2, -0.15) is 0 Å². The molecule has 2 rings (SSSR count). The quantitative estimate of drug-likeness (QED) is 0.605. The standard InChI is InChI=1S/C15H14BrClN2O2/c1-10(11-2-5-13(16)6-3-11)18-9-12-4-7-14(19(20)21)8-15(12)17/h2-8,10,18H,9H2,1H3/t10-/m0/s1. The van der Waals surface area contributed by atoms with Gasteiger partial charge >= 0.3 is 0 Å². The van der Waals surface area contributed by atoms with Crippen LogP contribution in [0.1, 0.15) is 24.1 Å². The van der Waals surface area contributed by atoms with Crippen LogP contribution in [0, 0.1) is 10.1 Å². The molecular weight excluding hydrogens is 356 g/mol. The number of nitro benzene ring substituents is 1. The van der Waals surface area contributed by atoms with Crippen LogP contribution in [0.3, 0.4) is 0 Å². The molecule has 0 aromatic heterocycles. The van der Waals surface area contributed by atoms with Gasteiger partial charge in [-0.25, -0.2) is 0 Å². The van der Waals surface area contributed by atoms with Gasteiger partial charge in [-0.05, 0) is 36.2 Å². The first-order valence-electron chi connectivity index (χ1n) is 6.39. The maximum atomic E-state index is 10.7. The number of rotatable bonds is 5. The largest absolute Gasteiger partial charge is 0.306 e. The van der Waals surface area contributed by atoms with E-state index in [4.69, 9.17) is 11.6 Å². The summed E-state index contributed by atoms with van der Waals surface area (Å²) in [5.41, 5.74) is 2.01. The molecule has 0 saturated carbocycles. The van der Waals surface area contributed by atoms with Gasteiger partial charge in [0.25, 0.3) is 5.69 Å². The molecule has 2 aromatic rings. The summed E-state index contributed by atoms with van der Waals surface area (Å²) in [6, 6.07) is 12.7. The van der Waals surface area contributed by atoms with Crippen LogP contribution in [0.25, 0.3) is 0 Å². The Morgan fingerprint density at radius 2 is 1.95 bits per heavy atom. The van der Waals surface area contributed by atoms with Crippen molar-refractivity contribution in [3.05, 3.63) is 73.2 Å². The number of hydrogen-bond donors (Lipinski definition) is 1. The number of non-ortho nitro benzene ring substituents is 1. The van der Waals surface area contributed by atoms with Gasteiger partial charge in [0.05, 0.1) is 9.95 Å². The SMILES string of the molecule is C[C@H](NCc1ccc([N+](=O)[O-])cc1Cl)c1ccc(Br)cc1. The second-order valence-electron chi connectivity index (χ2n) is 4.69. The van der Waals surface area contributed by atoms with E-state index in [0.717, 1.165) is 15.6 Å². The summed E-state index contributed by atoms with van der Waals surface area (Å²) < 4.78 is 1.04. The summed E-state index contributed by atoms with van der Waals surface area (Å²) in [5.74, 6) is 0. The highest BCUT2D eigenvalue weighted by atomic mass is 79.9. The molecule has 0 fully saturated rings. The van der Waals surface area contributed by atoms with E-state index in [0.29, 0.717) is 11.6 Å². The third-order valence-electron chi connectivity index (χ3n) is 3.22. The molecule has 0 aliphatic heterocycles. The summed E-state index contributed by atoms with van der Waals surface area (Å²) in [7, 11) is 0. The van der Waals surface area contributed by atoms with Gasteiger partial charge in [0.15, 0.2) is 0 Å². The van der Waals surface area contributed by atoms with Crippen molar-refractivity contribution in [3.63, 3.8) is 0 Å². The summed E-state index contributed by atoms with van der Waals surface area (Å²) in [6.07, 6.45) is 0. The average Bonchev–Trinajstić information content (AvgIpc) is 2.46. The molecule has 2 aromatic carbocycles. The van der Waals surface area contributed by atoms with E-state index in [1.807, 2.05) is 24.3 Å². The Balaban J connectivity index is 2.02. The van der Waals surface area contributed by atoms with E-state index in [-0.39, 0.29) is 11.7 Å². The fraction of sp³-hybridized carbons (Fsp3) is 0.200. The first-order chi connectivity index (χ1) is 9.97. The van der Waals surface area contributed by atoms with Gasteiger partial charge in [0, 0.05) is 29.2 Å². The highest BCUT2D eigenvalue weighted by molar-refractivity contribution is 9.10. The molecule has 110 valence electrons. The second kappa shape index (κ2) is 7.02. The molecule has 1 N–H and O–H groups in total. The zero-order valence-corrected chi connectivity index (χ0v) is 13.7. The zero-order chi connectivity index (χ0) is 15.4. The maximum absolute atomic E-state index is 10.7. The number of nitrogens with one attached hydrogen (secondary N) is 1. The molecule has 0 aliphatic carbocycles. The fourth-order valence-electron chi connectivity index (χ4n) is 1.93. The van der Waals surface area contributed by atoms with E-state index in [1.165, 1.54) is 12.1 Å². The second-order valence-corrected chi connectivity index (χ2v) is 6.01. The topological polar surface area (TPSA) is 55.2 Å². The van der Waals surface area contributed by atoms with Crippen molar-refractivity contribution in [3.8, 4) is 0 Å². The van der Waals surface area contributed by atoms with E-state index >= 15 is 0 Å². The van der Waals surface area contributed by atoms with Crippen molar-refractivity contribution in [2.45, 2.75) is 19.5 Å². The highest BCUT2D eigenvalue weighted by Gasteiger charge is 2.10. The van der Waals surface area contributed by atoms with Crippen molar-refractivity contribution >= 4 is 33.2 Å². The first-order valence-corrected chi connectivity index (χ1v) is 7.56. The van der Waals surface area contributed by atoms with Crippen LogP contribution in [0.5, 0.6) is 0 Å². The Kier molecular flexibility index (Phi) is 5.33. The number of halogens is 2. The summed E-state index contributed by atoms with van der Waals surface area (Å²) in [5, 5.41) is 14.4. The Morgan fingerprint density at radius 3 is 2.52 bits per heavy atom. The molecule has 0 amide bonds. The maximum Gasteiger partial charge on any atom is 0.270 e. The van der Waals surface area contributed by atoms with Crippen molar-refractivity contribution in [2.24, 2.45) is 0 Å². The monoisotopic (exact) mass is 368 g/mol. The number of nitrogens with zero attached hydrogens (tertiary/aromatic N) is 1. The molecule has 21 heavy (non-hydrogen) atoms. The van der Waals surface area contributed by atoms with Gasteiger partial charge in [-0.15, -0.1) is 0 Å². The smallest absolute Gasteiger partial charge is 0.270 e. The molecule has 0 spiro atoms. The molecular formula is C15H14BrClN2O2. The van der Waals surface area contributed by atoms with Crippen molar-refractivity contribution in [1.29, 1.82) is 0 Å². The lowest BCUT2D eigenvalue weighted by molar-refractivity contribution is -0.384. The zero-order valence-electron chi connectivity index (χ0n) is 11.3. The van der Waals surface area contributed by atoms with Crippen LogP contribution >= 0.6 is 27.5 Å². The van der Waals surface area contributed by atoms with Gasteiger partial charge in [0.2, 0.25) is 0 Å². The molecule has 0 radical (unpaired) electrons. The third kappa shape index (κ3) is 4.27. The normalized spacial score (nSPS) is 12.1. The van der Waals surface area contributed by atoms with Gasteiger partial charge in [-0.1, -0.05) is 39.7 Å². The van der Waals surface area contributed by atoms with E-state index in [9.17, 15) is 10.1 Å². The Morgan fingerprint density at radius 1 is 1.29 bits per heavy atom. The van der Waals surface area contributed by atoms with E-state index in [1.54, 1.807) is 6.07 Å². The summed E-state index contributed by atoms with van der Waals surface area (Å²) in [6.45, 7) is 2.61. The minimum atomic E-state index is -0.451. The van der Waals surface area contributed by atoms with E-state index < -0.39 is 4.92 Å². The Hall–Kier alpha value is -1.43. The predicted molar refractivity (Wildman–Crippen MR) is 87.5 cm³/mol. The minimum absolute atomic E-state index is 0.00436. The first kappa shape index (κ1) is 15.9. The van der Waals surface area contributed by atoms with Crippen LogP contribution in [0.2, 0.25) is 5.02 Å². The lowest BCUT2D eigenvalue weighted by Gasteiger charge is -2.15. The summed E-state index contributed by atoms with van der Waals surface area (Å²) >= 11 is 9.48. The third-order valence-corrected chi connectivity index (χ3v) is 4.10. The summed E-state index contributed by atoms with van der Waals surface area (Å²) in [4.78, 5) is 10.2. The van der Waals surface area contributed by atoms with Gasteiger partial charge in [-0.3, -0.25) is 10.1 Å². The van der Waals surface area contributed by atoms with Crippen molar-refractivity contribution in [1.82, 2.24) is 5.32 Å². The van der Waals surface area contributed by atoms with Gasteiger partial charge in [0.1, 0.15) is 0 Å². The molecule has 0 saturated heterocycles. The number of benzene rings is 2. The van der Waals surface area contributed by atoms with Crippen LogP contribution in [0.15, 0.2) is 46.9 Å². The molecule has 0 aliphatic rings. The molecule has 1 atom stereocenters. The highest BCUT2D eigenvalue weighted by Crippen LogP contribution is 2.23. The molecule has 0 bridgehead atoms. The minimum Gasteiger partial charge on any atom is -0.306 e. The molecule has 4 nitrogen and oxygen atoms in total. The van der Waals surface area contributed by atoms with Crippen LogP contribution in [-0.2, 0) is 6.54 Å². The van der Waals surface area contributed by atoms with Crippen LogP contribution in [-0.4, -0.2) is 4.92 Å². The molecule has 6 heteroatoms. The molecule has 0 unspecified atom stereocenters.